The van der Waals surface area contributed by atoms with Crippen molar-refractivity contribution in [1.29, 1.82) is 0 Å². The van der Waals surface area contributed by atoms with Gasteiger partial charge in [-0.2, -0.15) is 0 Å². The second-order valence-corrected chi connectivity index (χ2v) is 5.91. The molecule has 2 saturated heterocycles. The van der Waals surface area contributed by atoms with E-state index in [1.165, 1.54) is 32.4 Å². The van der Waals surface area contributed by atoms with Crippen LogP contribution in [0.4, 0.5) is 0 Å². The fourth-order valence-corrected chi connectivity index (χ4v) is 3.54. The van der Waals surface area contributed by atoms with Crippen LogP contribution in [-0.4, -0.2) is 36.6 Å². The third-order valence-corrected chi connectivity index (χ3v) is 4.35. The largest absolute Gasteiger partial charge is 0.317 e. The highest BCUT2D eigenvalue weighted by molar-refractivity contribution is 5.08. The summed E-state index contributed by atoms with van der Waals surface area (Å²) in [6.45, 7) is 13.7. The third-order valence-electron chi connectivity index (χ3n) is 4.35. The van der Waals surface area contributed by atoms with Crippen molar-refractivity contribution in [3.63, 3.8) is 0 Å². The Morgan fingerprint density at radius 2 is 1.75 bits per heavy atom. The molecule has 0 aromatic carbocycles. The molecular formula is C14H26N2. The number of hydrogen-bond donors (Lipinski definition) is 1. The van der Waals surface area contributed by atoms with Crippen LogP contribution in [0.2, 0.25) is 0 Å². The number of likely N-dealkylation sites (tertiary alicyclic amines) is 1. The summed E-state index contributed by atoms with van der Waals surface area (Å²) >= 11 is 0. The minimum atomic E-state index is 0.286. The first-order chi connectivity index (χ1) is 7.66. The molecule has 2 heteroatoms. The Morgan fingerprint density at radius 1 is 1.19 bits per heavy atom. The predicted molar refractivity (Wildman–Crippen MR) is 69.5 cm³/mol. The first-order valence-electron chi connectivity index (χ1n) is 6.75. The molecule has 0 saturated carbocycles. The lowest BCUT2D eigenvalue weighted by molar-refractivity contribution is 0.0344. The lowest BCUT2D eigenvalue weighted by atomic mass is 9.81. The van der Waals surface area contributed by atoms with Gasteiger partial charge in [0.15, 0.2) is 0 Å². The molecule has 0 aliphatic carbocycles. The summed E-state index contributed by atoms with van der Waals surface area (Å²) < 4.78 is 0. The van der Waals surface area contributed by atoms with Crippen LogP contribution in [0.1, 0.15) is 33.1 Å². The lowest BCUT2D eigenvalue weighted by Gasteiger charge is -2.49. The predicted octanol–water partition coefficient (Wildman–Crippen LogP) is 2.27. The van der Waals surface area contributed by atoms with Gasteiger partial charge in [-0.3, -0.25) is 4.90 Å². The van der Waals surface area contributed by atoms with Gasteiger partial charge in [-0.25, -0.2) is 0 Å². The van der Waals surface area contributed by atoms with Crippen molar-refractivity contribution in [2.75, 3.05) is 26.2 Å². The molecule has 0 radical (unpaired) electrons. The van der Waals surface area contributed by atoms with E-state index >= 15 is 0 Å². The second kappa shape index (κ2) is 4.89. The van der Waals surface area contributed by atoms with Crippen LogP contribution in [0.15, 0.2) is 12.7 Å². The van der Waals surface area contributed by atoms with Gasteiger partial charge in [0, 0.05) is 18.6 Å². The first-order valence-corrected chi connectivity index (χ1v) is 6.75. The molecule has 0 unspecified atom stereocenters. The highest BCUT2D eigenvalue weighted by Gasteiger charge is 2.38. The minimum absolute atomic E-state index is 0.286. The zero-order valence-corrected chi connectivity index (χ0v) is 10.8. The van der Waals surface area contributed by atoms with E-state index in [1.54, 1.807) is 0 Å². The molecule has 2 rings (SSSR count). The fraction of sp³-hybridized carbons (Fsp3) is 0.857. The van der Waals surface area contributed by atoms with Gasteiger partial charge in [-0.15, -0.1) is 6.58 Å². The quantitative estimate of drug-likeness (QED) is 0.721. The Kier molecular flexibility index (Phi) is 3.70. The SMILES string of the molecule is C=CC1(N2C[C@@H](C)C[C@H](C)C2)CCNCC1. The van der Waals surface area contributed by atoms with Crippen LogP contribution < -0.4 is 5.32 Å². The van der Waals surface area contributed by atoms with E-state index in [1.807, 2.05) is 0 Å². The average molecular weight is 222 g/mol. The smallest absolute Gasteiger partial charge is 0.0413 e. The van der Waals surface area contributed by atoms with Gasteiger partial charge in [-0.05, 0) is 44.2 Å². The zero-order chi connectivity index (χ0) is 11.6. The normalized spacial score (nSPS) is 35.9. The van der Waals surface area contributed by atoms with Gasteiger partial charge < -0.3 is 5.32 Å². The van der Waals surface area contributed by atoms with Crippen LogP contribution in [0, 0.1) is 11.8 Å². The monoisotopic (exact) mass is 222 g/mol. The van der Waals surface area contributed by atoms with Crippen molar-refractivity contribution in [2.45, 2.75) is 38.6 Å². The molecule has 2 aliphatic rings. The van der Waals surface area contributed by atoms with E-state index in [9.17, 15) is 0 Å². The van der Waals surface area contributed by atoms with Crippen LogP contribution in [0.25, 0.3) is 0 Å². The molecule has 0 amide bonds. The third kappa shape index (κ3) is 2.33. The Hall–Kier alpha value is -0.340. The topological polar surface area (TPSA) is 15.3 Å². The molecule has 0 bridgehead atoms. The summed E-state index contributed by atoms with van der Waals surface area (Å²) in [5.41, 5.74) is 0.286. The minimum Gasteiger partial charge on any atom is -0.317 e. The maximum atomic E-state index is 4.11. The van der Waals surface area contributed by atoms with Crippen LogP contribution in [0.3, 0.4) is 0 Å². The molecule has 2 atom stereocenters. The molecule has 92 valence electrons. The summed E-state index contributed by atoms with van der Waals surface area (Å²) in [4.78, 5) is 2.71. The molecule has 0 aromatic rings. The fourth-order valence-electron chi connectivity index (χ4n) is 3.54. The van der Waals surface area contributed by atoms with Crippen molar-refractivity contribution in [3.8, 4) is 0 Å². The molecule has 1 N–H and O–H groups in total. The van der Waals surface area contributed by atoms with E-state index in [4.69, 9.17) is 0 Å². The lowest BCUT2D eigenvalue weighted by Crippen LogP contribution is -2.57. The van der Waals surface area contributed by atoms with Gasteiger partial charge in [0.05, 0.1) is 0 Å². The van der Waals surface area contributed by atoms with Crippen molar-refractivity contribution < 1.29 is 0 Å². The van der Waals surface area contributed by atoms with E-state index in [0.29, 0.717) is 0 Å². The molecule has 2 heterocycles. The molecule has 2 nitrogen and oxygen atoms in total. The highest BCUT2D eigenvalue weighted by Crippen LogP contribution is 2.33. The Labute approximate surface area is 100 Å². The number of hydrogen-bond acceptors (Lipinski definition) is 2. The van der Waals surface area contributed by atoms with Crippen molar-refractivity contribution >= 4 is 0 Å². The summed E-state index contributed by atoms with van der Waals surface area (Å²) in [7, 11) is 0. The van der Waals surface area contributed by atoms with Crippen molar-refractivity contribution in [2.24, 2.45) is 11.8 Å². The zero-order valence-electron chi connectivity index (χ0n) is 10.8. The van der Waals surface area contributed by atoms with Crippen LogP contribution >= 0.6 is 0 Å². The summed E-state index contributed by atoms with van der Waals surface area (Å²) in [5.74, 6) is 1.69. The van der Waals surface area contributed by atoms with Crippen molar-refractivity contribution in [1.82, 2.24) is 10.2 Å². The van der Waals surface area contributed by atoms with E-state index in [2.05, 4.69) is 36.7 Å². The van der Waals surface area contributed by atoms with E-state index in [0.717, 1.165) is 24.9 Å². The van der Waals surface area contributed by atoms with Gasteiger partial charge in [0.2, 0.25) is 0 Å². The standard InChI is InChI=1S/C14H26N2/c1-4-14(5-7-15-8-6-14)16-10-12(2)9-13(3)11-16/h4,12-13,15H,1,5-11H2,2-3H3/t12-,13-/m0/s1. The first kappa shape index (κ1) is 12.1. The average Bonchev–Trinajstić information content (AvgIpc) is 2.28. The van der Waals surface area contributed by atoms with Crippen molar-refractivity contribution in [3.05, 3.63) is 12.7 Å². The number of piperidine rings is 2. The number of rotatable bonds is 2. The molecular weight excluding hydrogens is 196 g/mol. The summed E-state index contributed by atoms with van der Waals surface area (Å²) in [5, 5.41) is 3.46. The molecule has 0 aromatic heterocycles. The summed E-state index contributed by atoms with van der Waals surface area (Å²) in [6, 6.07) is 0. The summed E-state index contributed by atoms with van der Waals surface area (Å²) in [6.07, 6.45) is 6.08. The van der Waals surface area contributed by atoms with Gasteiger partial charge >= 0.3 is 0 Å². The van der Waals surface area contributed by atoms with E-state index < -0.39 is 0 Å². The maximum Gasteiger partial charge on any atom is 0.0413 e. The van der Waals surface area contributed by atoms with E-state index in [-0.39, 0.29) is 5.54 Å². The molecule has 0 spiro atoms. The Bertz CT molecular complexity index is 233. The maximum absolute atomic E-state index is 4.11. The second-order valence-electron chi connectivity index (χ2n) is 5.91. The van der Waals surface area contributed by atoms with Gasteiger partial charge in [-0.1, -0.05) is 19.9 Å². The Balaban J connectivity index is 2.10. The van der Waals surface area contributed by atoms with Crippen LogP contribution in [-0.2, 0) is 0 Å². The number of nitrogens with one attached hydrogen (secondary N) is 1. The molecule has 2 fully saturated rings. The Morgan fingerprint density at radius 3 is 2.25 bits per heavy atom. The van der Waals surface area contributed by atoms with Crippen LogP contribution in [0.5, 0.6) is 0 Å². The van der Waals surface area contributed by atoms with Gasteiger partial charge in [0.25, 0.3) is 0 Å². The van der Waals surface area contributed by atoms with Gasteiger partial charge in [0.1, 0.15) is 0 Å². The highest BCUT2D eigenvalue weighted by atomic mass is 15.2. The number of nitrogens with zero attached hydrogens (tertiary/aromatic N) is 1. The molecule has 16 heavy (non-hydrogen) atoms. The molecule has 2 aliphatic heterocycles.